The Labute approximate surface area is 98.8 Å². The second-order valence-corrected chi connectivity index (χ2v) is 5.56. The van der Waals surface area contributed by atoms with Gasteiger partial charge in [-0.25, -0.2) is 0 Å². The number of allylic oxidation sites excluding steroid dienone is 1. The van der Waals surface area contributed by atoms with Crippen LogP contribution in [-0.2, 0) is 5.41 Å². The van der Waals surface area contributed by atoms with E-state index in [0.29, 0.717) is 0 Å². The maximum Gasteiger partial charge on any atom is 0.0974 e. The summed E-state index contributed by atoms with van der Waals surface area (Å²) in [5.74, 6) is 0. The lowest BCUT2D eigenvalue weighted by Crippen LogP contribution is -2.10. The Morgan fingerprint density at radius 3 is 2.00 bits per heavy atom. The van der Waals surface area contributed by atoms with Gasteiger partial charge in [0.15, 0.2) is 0 Å². The summed E-state index contributed by atoms with van der Waals surface area (Å²) in [6.07, 6.45) is 1.38. The second kappa shape index (κ2) is 4.84. The molecule has 0 fully saturated rings. The Bertz CT molecular complexity index is 361. The zero-order valence-corrected chi connectivity index (χ0v) is 10.9. The molecule has 0 aliphatic heterocycles. The number of benzene rings is 1. The first-order valence-electron chi connectivity index (χ1n) is 5.74. The van der Waals surface area contributed by atoms with Gasteiger partial charge in [0, 0.05) is 0 Å². The molecule has 0 heterocycles. The molecule has 1 rings (SSSR count). The Hall–Kier alpha value is -1.08. The largest absolute Gasteiger partial charge is 0.384 e. The fourth-order valence-electron chi connectivity index (χ4n) is 1.59. The molecule has 1 N–H and O–H groups in total. The Morgan fingerprint density at radius 2 is 1.62 bits per heavy atom. The van der Waals surface area contributed by atoms with Crippen LogP contribution in [0.2, 0.25) is 0 Å². The average molecular weight is 218 g/mol. The van der Waals surface area contributed by atoms with E-state index >= 15 is 0 Å². The van der Waals surface area contributed by atoms with E-state index in [4.69, 9.17) is 0 Å². The van der Waals surface area contributed by atoms with Gasteiger partial charge < -0.3 is 5.11 Å². The Balaban J connectivity index is 2.91. The van der Waals surface area contributed by atoms with Gasteiger partial charge in [0.25, 0.3) is 0 Å². The van der Waals surface area contributed by atoms with Crippen LogP contribution in [0, 0.1) is 0 Å². The van der Waals surface area contributed by atoms with Gasteiger partial charge in [0.1, 0.15) is 0 Å². The zero-order chi connectivity index (χ0) is 12.3. The first-order chi connectivity index (χ1) is 7.30. The van der Waals surface area contributed by atoms with Crippen LogP contribution >= 0.6 is 0 Å². The topological polar surface area (TPSA) is 20.2 Å². The molecule has 1 nitrogen and oxygen atoms in total. The van der Waals surface area contributed by atoms with Crippen molar-refractivity contribution in [2.75, 3.05) is 0 Å². The molecule has 1 heteroatoms. The molecule has 1 aromatic rings. The molecule has 1 atom stereocenters. The van der Waals surface area contributed by atoms with Crippen LogP contribution in [0.5, 0.6) is 0 Å². The quantitative estimate of drug-likeness (QED) is 0.744. The third-order valence-corrected chi connectivity index (χ3v) is 2.61. The van der Waals surface area contributed by atoms with Crippen molar-refractivity contribution in [2.45, 2.75) is 46.1 Å². The molecule has 16 heavy (non-hydrogen) atoms. The van der Waals surface area contributed by atoms with Crippen molar-refractivity contribution in [3.05, 3.63) is 47.0 Å². The van der Waals surface area contributed by atoms with Crippen LogP contribution in [0.1, 0.15) is 51.8 Å². The summed E-state index contributed by atoms with van der Waals surface area (Å²) in [6, 6.07) is 8.20. The van der Waals surface area contributed by atoms with E-state index in [-0.39, 0.29) is 5.41 Å². The van der Waals surface area contributed by atoms with E-state index in [1.807, 2.05) is 32.1 Å². The Morgan fingerprint density at radius 1 is 1.12 bits per heavy atom. The number of aliphatic hydroxyl groups excluding tert-OH is 1. The maximum absolute atomic E-state index is 9.91. The molecule has 0 aromatic heterocycles. The molecule has 0 amide bonds. The summed E-state index contributed by atoms with van der Waals surface area (Å²) in [6.45, 7) is 10.6. The molecule has 0 saturated carbocycles. The van der Waals surface area contributed by atoms with E-state index < -0.39 is 6.10 Å². The predicted molar refractivity (Wildman–Crippen MR) is 69.5 cm³/mol. The molecular weight excluding hydrogens is 196 g/mol. The van der Waals surface area contributed by atoms with E-state index in [1.165, 1.54) is 5.56 Å². The second-order valence-electron chi connectivity index (χ2n) is 5.56. The van der Waals surface area contributed by atoms with Gasteiger partial charge in [-0.15, -0.1) is 0 Å². The molecule has 1 aromatic carbocycles. The fourth-order valence-corrected chi connectivity index (χ4v) is 1.59. The molecule has 0 saturated heterocycles. The van der Waals surface area contributed by atoms with Crippen molar-refractivity contribution < 1.29 is 5.11 Å². The molecule has 0 radical (unpaired) electrons. The smallest absolute Gasteiger partial charge is 0.0974 e. The standard InChI is InChI=1S/C15H22O/c1-11(2)10-14(16)12-6-8-13(9-7-12)15(3,4)5/h6-10,14,16H,1-5H3. The third kappa shape index (κ3) is 3.49. The molecule has 0 aliphatic rings. The van der Waals surface area contributed by atoms with Gasteiger partial charge in [0.05, 0.1) is 6.10 Å². The highest BCUT2D eigenvalue weighted by Gasteiger charge is 2.13. The minimum Gasteiger partial charge on any atom is -0.384 e. The van der Waals surface area contributed by atoms with Gasteiger partial charge in [-0.2, -0.15) is 0 Å². The summed E-state index contributed by atoms with van der Waals surface area (Å²) >= 11 is 0. The summed E-state index contributed by atoms with van der Waals surface area (Å²) in [7, 11) is 0. The van der Waals surface area contributed by atoms with Crippen LogP contribution in [0.4, 0.5) is 0 Å². The van der Waals surface area contributed by atoms with Crippen LogP contribution in [0.3, 0.4) is 0 Å². The van der Waals surface area contributed by atoms with Crippen LogP contribution in [-0.4, -0.2) is 5.11 Å². The highest BCUT2D eigenvalue weighted by Crippen LogP contribution is 2.24. The van der Waals surface area contributed by atoms with Gasteiger partial charge in [0.2, 0.25) is 0 Å². The average Bonchev–Trinajstić information content (AvgIpc) is 2.15. The number of hydrogen-bond acceptors (Lipinski definition) is 1. The first-order valence-corrected chi connectivity index (χ1v) is 5.74. The van der Waals surface area contributed by atoms with Gasteiger partial charge in [-0.05, 0) is 30.4 Å². The van der Waals surface area contributed by atoms with Crippen molar-refractivity contribution >= 4 is 0 Å². The summed E-state index contributed by atoms with van der Waals surface area (Å²) < 4.78 is 0. The number of rotatable bonds is 2. The fraction of sp³-hybridized carbons (Fsp3) is 0.467. The first kappa shape index (κ1) is 13.0. The van der Waals surface area contributed by atoms with Crippen molar-refractivity contribution in [1.29, 1.82) is 0 Å². The SMILES string of the molecule is CC(C)=CC(O)c1ccc(C(C)(C)C)cc1. The lowest BCUT2D eigenvalue weighted by molar-refractivity contribution is 0.227. The maximum atomic E-state index is 9.91. The predicted octanol–water partition coefficient (Wildman–Crippen LogP) is 3.98. The monoisotopic (exact) mass is 218 g/mol. The van der Waals surface area contributed by atoms with Crippen molar-refractivity contribution in [2.24, 2.45) is 0 Å². The van der Waals surface area contributed by atoms with E-state index in [2.05, 4.69) is 32.9 Å². The van der Waals surface area contributed by atoms with Crippen molar-refractivity contribution in [1.82, 2.24) is 0 Å². The summed E-state index contributed by atoms with van der Waals surface area (Å²) in [5.41, 5.74) is 3.54. The van der Waals surface area contributed by atoms with Crippen LogP contribution in [0.25, 0.3) is 0 Å². The lowest BCUT2D eigenvalue weighted by Gasteiger charge is -2.19. The highest BCUT2D eigenvalue weighted by atomic mass is 16.3. The van der Waals surface area contributed by atoms with Crippen LogP contribution in [0.15, 0.2) is 35.9 Å². The van der Waals surface area contributed by atoms with E-state index in [9.17, 15) is 5.11 Å². The minimum absolute atomic E-state index is 0.167. The van der Waals surface area contributed by atoms with Crippen LogP contribution < -0.4 is 0 Å². The number of hydrogen-bond donors (Lipinski definition) is 1. The zero-order valence-electron chi connectivity index (χ0n) is 10.9. The van der Waals surface area contributed by atoms with Gasteiger partial charge in [-0.1, -0.05) is 56.7 Å². The molecule has 0 aliphatic carbocycles. The van der Waals surface area contributed by atoms with E-state index in [0.717, 1.165) is 11.1 Å². The van der Waals surface area contributed by atoms with E-state index in [1.54, 1.807) is 0 Å². The summed E-state index contributed by atoms with van der Waals surface area (Å²) in [5, 5.41) is 9.91. The van der Waals surface area contributed by atoms with Crippen molar-refractivity contribution in [3.8, 4) is 0 Å². The third-order valence-electron chi connectivity index (χ3n) is 2.61. The summed E-state index contributed by atoms with van der Waals surface area (Å²) in [4.78, 5) is 0. The van der Waals surface area contributed by atoms with Gasteiger partial charge in [-0.3, -0.25) is 0 Å². The molecule has 1 unspecified atom stereocenters. The normalized spacial score (nSPS) is 13.4. The Kier molecular flexibility index (Phi) is 3.93. The molecule has 0 bridgehead atoms. The molecule has 0 spiro atoms. The number of aliphatic hydroxyl groups is 1. The molecular formula is C15H22O. The van der Waals surface area contributed by atoms with Crippen molar-refractivity contribution in [3.63, 3.8) is 0 Å². The molecule has 88 valence electrons. The van der Waals surface area contributed by atoms with Gasteiger partial charge >= 0.3 is 0 Å². The minimum atomic E-state index is -0.487. The highest BCUT2D eigenvalue weighted by molar-refractivity contribution is 5.30. The lowest BCUT2D eigenvalue weighted by atomic mass is 9.86.